The molecule has 0 saturated carbocycles. The number of rotatable bonds is 3. The van der Waals surface area contributed by atoms with E-state index < -0.39 is 12.2 Å². The zero-order valence-electron chi connectivity index (χ0n) is 9.76. The molecule has 0 saturated heterocycles. The van der Waals surface area contributed by atoms with Crippen LogP contribution in [0.2, 0.25) is 0 Å². The summed E-state index contributed by atoms with van der Waals surface area (Å²) in [6.45, 7) is 1.73. The summed E-state index contributed by atoms with van der Waals surface area (Å²) in [4.78, 5) is 0. The van der Waals surface area contributed by atoms with Crippen LogP contribution >= 0.6 is 0 Å². The summed E-state index contributed by atoms with van der Waals surface area (Å²) in [5.74, 6) is 0.151. The average molecular weight is 249 g/mol. The molecule has 0 aliphatic rings. The van der Waals surface area contributed by atoms with Gasteiger partial charge >= 0.3 is 6.18 Å². The fourth-order valence-electron chi connectivity index (χ4n) is 1.54. The van der Waals surface area contributed by atoms with Gasteiger partial charge in [-0.15, -0.1) is 0 Å². The third-order valence-electron chi connectivity index (χ3n) is 2.35. The lowest BCUT2D eigenvalue weighted by Crippen LogP contribution is -2.29. The van der Waals surface area contributed by atoms with E-state index in [2.05, 4.69) is 0 Å². The van der Waals surface area contributed by atoms with Gasteiger partial charge in [0.15, 0.2) is 0 Å². The molecule has 6 heteroatoms. The maximum absolute atomic E-state index is 12.6. The molecule has 0 radical (unpaired) electrons. The monoisotopic (exact) mass is 249 g/mol. The molecule has 0 bridgehead atoms. The molecular formula is C11H14F3NO2. The van der Waals surface area contributed by atoms with Crippen LogP contribution in [0.3, 0.4) is 0 Å². The van der Waals surface area contributed by atoms with Gasteiger partial charge in [0.2, 0.25) is 0 Å². The van der Waals surface area contributed by atoms with Gasteiger partial charge in [0, 0.05) is 0 Å². The van der Waals surface area contributed by atoms with Crippen molar-refractivity contribution >= 4 is 0 Å². The second kappa shape index (κ2) is 4.83. The minimum absolute atomic E-state index is 0.0756. The van der Waals surface area contributed by atoms with E-state index in [1.165, 1.54) is 26.4 Å². The van der Waals surface area contributed by atoms with Gasteiger partial charge < -0.3 is 15.2 Å². The lowest BCUT2D eigenvalue weighted by atomic mass is 10.0. The molecule has 0 aliphatic heterocycles. The first-order valence-electron chi connectivity index (χ1n) is 4.86. The number of benzene rings is 1. The number of alkyl halides is 3. The van der Waals surface area contributed by atoms with Crippen LogP contribution in [0, 0.1) is 6.92 Å². The van der Waals surface area contributed by atoms with Gasteiger partial charge in [0.05, 0.1) is 19.8 Å². The number of hydrogen-bond donors (Lipinski definition) is 1. The Hall–Kier alpha value is -1.43. The minimum Gasteiger partial charge on any atom is -0.496 e. The van der Waals surface area contributed by atoms with Crippen LogP contribution in [-0.2, 0) is 0 Å². The topological polar surface area (TPSA) is 44.5 Å². The van der Waals surface area contributed by atoms with Gasteiger partial charge in [-0.2, -0.15) is 13.2 Å². The fraction of sp³-hybridized carbons (Fsp3) is 0.455. The zero-order valence-corrected chi connectivity index (χ0v) is 9.76. The molecule has 2 N–H and O–H groups in total. The standard InChI is InChI=1S/C11H14F3NO2/c1-6-4-7(16-2)9(8(5-6)17-3)10(15)11(12,13)14/h4-5,10H,15H2,1-3H3/t10-/m0/s1. The van der Waals surface area contributed by atoms with E-state index in [4.69, 9.17) is 15.2 Å². The molecule has 3 nitrogen and oxygen atoms in total. The third kappa shape index (κ3) is 2.82. The Morgan fingerprint density at radius 1 is 1.12 bits per heavy atom. The molecule has 1 aromatic rings. The van der Waals surface area contributed by atoms with Gasteiger partial charge in [-0.3, -0.25) is 0 Å². The summed E-state index contributed by atoms with van der Waals surface area (Å²) >= 11 is 0. The van der Waals surface area contributed by atoms with Crippen molar-refractivity contribution < 1.29 is 22.6 Å². The highest BCUT2D eigenvalue weighted by Crippen LogP contribution is 2.41. The quantitative estimate of drug-likeness (QED) is 0.895. The van der Waals surface area contributed by atoms with E-state index in [9.17, 15) is 13.2 Å². The molecule has 0 heterocycles. The first-order valence-corrected chi connectivity index (χ1v) is 4.86. The van der Waals surface area contributed by atoms with Crippen LogP contribution in [0.4, 0.5) is 13.2 Å². The Morgan fingerprint density at radius 2 is 1.53 bits per heavy atom. The van der Waals surface area contributed by atoms with Crippen molar-refractivity contribution in [3.8, 4) is 11.5 Å². The molecule has 0 aliphatic carbocycles. The smallest absolute Gasteiger partial charge is 0.407 e. The maximum Gasteiger partial charge on any atom is 0.407 e. The lowest BCUT2D eigenvalue weighted by Gasteiger charge is -2.21. The first kappa shape index (κ1) is 13.6. The van der Waals surface area contributed by atoms with Crippen LogP contribution in [-0.4, -0.2) is 20.4 Å². The van der Waals surface area contributed by atoms with Crippen LogP contribution < -0.4 is 15.2 Å². The summed E-state index contributed by atoms with van der Waals surface area (Å²) in [7, 11) is 2.58. The van der Waals surface area contributed by atoms with Gasteiger partial charge in [-0.1, -0.05) is 0 Å². The maximum atomic E-state index is 12.6. The third-order valence-corrected chi connectivity index (χ3v) is 2.35. The zero-order chi connectivity index (χ0) is 13.2. The molecule has 1 aromatic carbocycles. The molecule has 0 unspecified atom stereocenters. The number of methoxy groups -OCH3 is 2. The van der Waals surface area contributed by atoms with E-state index in [0.29, 0.717) is 0 Å². The predicted molar refractivity (Wildman–Crippen MR) is 57.3 cm³/mol. The van der Waals surface area contributed by atoms with E-state index >= 15 is 0 Å². The Kier molecular flexibility index (Phi) is 3.87. The minimum atomic E-state index is -4.55. The number of aryl methyl sites for hydroxylation is 1. The molecular weight excluding hydrogens is 235 g/mol. The Morgan fingerprint density at radius 3 is 1.82 bits per heavy atom. The summed E-state index contributed by atoms with van der Waals surface area (Å²) in [5, 5.41) is 0. The van der Waals surface area contributed by atoms with Crippen LogP contribution in [0.15, 0.2) is 12.1 Å². The second-order valence-electron chi connectivity index (χ2n) is 3.60. The van der Waals surface area contributed by atoms with Crippen LogP contribution in [0.5, 0.6) is 11.5 Å². The molecule has 0 spiro atoms. The average Bonchev–Trinajstić information content (AvgIpc) is 2.25. The van der Waals surface area contributed by atoms with Gasteiger partial charge in [-0.05, 0) is 24.6 Å². The van der Waals surface area contributed by atoms with E-state index in [1.54, 1.807) is 6.92 Å². The van der Waals surface area contributed by atoms with Crippen LogP contribution in [0.25, 0.3) is 0 Å². The number of ether oxygens (including phenoxy) is 2. The summed E-state index contributed by atoms with van der Waals surface area (Å²) < 4.78 is 47.7. The van der Waals surface area contributed by atoms with Crippen molar-refractivity contribution in [3.63, 3.8) is 0 Å². The molecule has 1 atom stereocenters. The number of nitrogens with two attached hydrogens (primary N) is 1. The molecule has 0 amide bonds. The normalized spacial score (nSPS) is 13.4. The van der Waals surface area contributed by atoms with Gasteiger partial charge in [-0.25, -0.2) is 0 Å². The Labute approximate surface area is 97.3 Å². The molecule has 0 aromatic heterocycles. The van der Waals surface area contributed by atoms with E-state index in [-0.39, 0.29) is 17.1 Å². The fourth-order valence-corrected chi connectivity index (χ4v) is 1.54. The molecule has 0 fully saturated rings. The molecule has 96 valence electrons. The highest BCUT2D eigenvalue weighted by molar-refractivity contribution is 5.50. The van der Waals surface area contributed by atoms with Crippen molar-refractivity contribution in [2.75, 3.05) is 14.2 Å². The highest BCUT2D eigenvalue weighted by atomic mass is 19.4. The summed E-state index contributed by atoms with van der Waals surface area (Å²) in [6.07, 6.45) is -4.55. The first-order chi connectivity index (χ1) is 7.81. The van der Waals surface area contributed by atoms with E-state index in [1.807, 2.05) is 0 Å². The summed E-state index contributed by atoms with van der Waals surface area (Å²) in [6, 6.07) is 0.848. The van der Waals surface area contributed by atoms with Crippen molar-refractivity contribution in [3.05, 3.63) is 23.3 Å². The second-order valence-corrected chi connectivity index (χ2v) is 3.60. The SMILES string of the molecule is COc1cc(C)cc(OC)c1[C@H](N)C(F)(F)F. The lowest BCUT2D eigenvalue weighted by molar-refractivity contribution is -0.149. The highest BCUT2D eigenvalue weighted by Gasteiger charge is 2.41. The van der Waals surface area contributed by atoms with Gasteiger partial charge in [0.1, 0.15) is 17.5 Å². The number of hydrogen-bond acceptors (Lipinski definition) is 3. The van der Waals surface area contributed by atoms with Gasteiger partial charge in [0.25, 0.3) is 0 Å². The van der Waals surface area contributed by atoms with Crippen molar-refractivity contribution in [2.45, 2.75) is 19.1 Å². The largest absolute Gasteiger partial charge is 0.496 e. The van der Waals surface area contributed by atoms with E-state index in [0.717, 1.165) is 5.56 Å². The Bertz CT molecular complexity index is 379. The van der Waals surface area contributed by atoms with Crippen molar-refractivity contribution in [2.24, 2.45) is 5.73 Å². The van der Waals surface area contributed by atoms with Crippen LogP contribution in [0.1, 0.15) is 17.2 Å². The number of halogens is 3. The summed E-state index contributed by atoms with van der Waals surface area (Å²) in [5.41, 5.74) is 5.74. The van der Waals surface area contributed by atoms with Crippen molar-refractivity contribution in [1.82, 2.24) is 0 Å². The predicted octanol–water partition coefficient (Wildman–Crippen LogP) is 2.57. The Balaban J connectivity index is 3.38. The molecule has 17 heavy (non-hydrogen) atoms. The molecule has 1 rings (SSSR count). The van der Waals surface area contributed by atoms with Crippen molar-refractivity contribution in [1.29, 1.82) is 0 Å².